The molecule has 100 valence electrons. The molecule has 0 aliphatic carbocycles. The van der Waals surface area contributed by atoms with E-state index in [1.54, 1.807) is 7.11 Å². The molecular weight excluding hydrogens is 228 g/mol. The number of hydrogen-bond donors (Lipinski definition) is 1. The molecule has 1 unspecified atom stereocenters. The topological polar surface area (TPSA) is 47.7 Å². The van der Waals surface area contributed by atoms with Crippen LogP contribution < -0.4 is 10.5 Å². The van der Waals surface area contributed by atoms with Crippen molar-refractivity contribution in [2.75, 3.05) is 32.5 Å². The zero-order valence-corrected chi connectivity index (χ0v) is 11.2. The van der Waals surface area contributed by atoms with Gasteiger partial charge in [0.15, 0.2) is 0 Å². The van der Waals surface area contributed by atoms with E-state index in [-0.39, 0.29) is 0 Å². The smallest absolute Gasteiger partial charge is 0.120 e. The summed E-state index contributed by atoms with van der Waals surface area (Å²) in [5.74, 6) is 0.810. The molecule has 1 aromatic carbocycles. The third-order valence-electron chi connectivity index (χ3n) is 3.43. The van der Waals surface area contributed by atoms with Gasteiger partial charge in [-0.25, -0.2) is 0 Å². The van der Waals surface area contributed by atoms with Gasteiger partial charge in [0.25, 0.3) is 0 Å². The number of methoxy groups -OCH3 is 1. The van der Waals surface area contributed by atoms with Gasteiger partial charge in [0.05, 0.1) is 19.8 Å². The average Bonchev–Trinajstić information content (AvgIpc) is 2.41. The molecular formula is C14H22N2O2. The largest absolute Gasteiger partial charge is 0.497 e. The van der Waals surface area contributed by atoms with E-state index in [4.69, 9.17) is 15.2 Å². The lowest BCUT2D eigenvalue weighted by molar-refractivity contribution is -0.0324. The second-order valence-electron chi connectivity index (χ2n) is 4.70. The standard InChI is InChI=1S/C14H22N2O2/c1-3-12-10-16(6-7-18-12)9-11-4-5-13(17-2)8-14(11)15/h4-5,8,12H,3,6-7,9-10,15H2,1-2H3. The number of morpholine rings is 1. The van der Waals surface area contributed by atoms with Gasteiger partial charge >= 0.3 is 0 Å². The predicted molar refractivity (Wildman–Crippen MR) is 72.7 cm³/mol. The van der Waals surface area contributed by atoms with E-state index in [1.165, 1.54) is 0 Å². The Labute approximate surface area is 109 Å². The van der Waals surface area contributed by atoms with Crippen molar-refractivity contribution in [1.29, 1.82) is 0 Å². The Kier molecular flexibility index (Phi) is 4.44. The lowest BCUT2D eigenvalue weighted by atomic mass is 10.1. The number of nitrogens with zero attached hydrogens (tertiary/aromatic N) is 1. The van der Waals surface area contributed by atoms with Crippen LogP contribution in [0.25, 0.3) is 0 Å². The monoisotopic (exact) mass is 250 g/mol. The summed E-state index contributed by atoms with van der Waals surface area (Å²) in [6.45, 7) is 5.82. The van der Waals surface area contributed by atoms with Crippen molar-refractivity contribution in [1.82, 2.24) is 4.90 Å². The van der Waals surface area contributed by atoms with Gasteiger partial charge in [-0.15, -0.1) is 0 Å². The Hall–Kier alpha value is -1.26. The highest BCUT2D eigenvalue weighted by Gasteiger charge is 2.19. The molecule has 4 heteroatoms. The molecule has 1 atom stereocenters. The summed E-state index contributed by atoms with van der Waals surface area (Å²) in [4.78, 5) is 2.40. The van der Waals surface area contributed by atoms with Crippen LogP contribution >= 0.6 is 0 Å². The van der Waals surface area contributed by atoms with Crippen LogP contribution in [0.3, 0.4) is 0 Å². The molecule has 0 aromatic heterocycles. The molecule has 1 fully saturated rings. The zero-order chi connectivity index (χ0) is 13.0. The maximum atomic E-state index is 6.04. The molecule has 1 aliphatic rings. The van der Waals surface area contributed by atoms with Crippen LogP contribution in [0.1, 0.15) is 18.9 Å². The van der Waals surface area contributed by atoms with E-state index in [2.05, 4.69) is 11.8 Å². The highest BCUT2D eigenvalue weighted by Crippen LogP contribution is 2.22. The first-order valence-electron chi connectivity index (χ1n) is 6.49. The molecule has 0 radical (unpaired) electrons. The van der Waals surface area contributed by atoms with Gasteiger partial charge in [-0.05, 0) is 18.1 Å². The van der Waals surface area contributed by atoms with Crippen LogP contribution in [0, 0.1) is 0 Å². The minimum absolute atomic E-state index is 0.359. The molecule has 0 spiro atoms. The summed E-state index contributed by atoms with van der Waals surface area (Å²) in [5.41, 5.74) is 8.00. The van der Waals surface area contributed by atoms with Gasteiger partial charge in [-0.2, -0.15) is 0 Å². The van der Waals surface area contributed by atoms with Crippen molar-refractivity contribution < 1.29 is 9.47 Å². The third kappa shape index (κ3) is 3.15. The van der Waals surface area contributed by atoms with Gasteiger partial charge in [0.1, 0.15) is 5.75 Å². The number of hydrogen-bond acceptors (Lipinski definition) is 4. The highest BCUT2D eigenvalue weighted by molar-refractivity contribution is 5.51. The van der Waals surface area contributed by atoms with Crippen LogP contribution in [0.2, 0.25) is 0 Å². The fourth-order valence-corrected chi connectivity index (χ4v) is 2.26. The minimum Gasteiger partial charge on any atom is -0.497 e. The molecule has 2 rings (SSSR count). The van der Waals surface area contributed by atoms with E-state index in [9.17, 15) is 0 Å². The van der Waals surface area contributed by atoms with E-state index < -0.39 is 0 Å². The number of benzene rings is 1. The quantitative estimate of drug-likeness (QED) is 0.829. The Morgan fingerprint density at radius 2 is 2.33 bits per heavy atom. The number of anilines is 1. The van der Waals surface area contributed by atoms with Crippen molar-refractivity contribution in [3.63, 3.8) is 0 Å². The lowest BCUT2D eigenvalue weighted by Crippen LogP contribution is -2.41. The van der Waals surface area contributed by atoms with Crippen molar-refractivity contribution in [2.45, 2.75) is 26.0 Å². The maximum Gasteiger partial charge on any atom is 0.120 e. The van der Waals surface area contributed by atoms with E-state index in [0.717, 1.165) is 49.7 Å². The molecule has 1 aliphatic heterocycles. The zero-order valence-electron chi connectivity index (χ0n) is 11.2. The summed E-state index contributed by atoms with van der Waals surface area (Å²) in [6, 6.07) is 5.89. The molecule has 0 bridgehead atoms. The normalized spacial score (nSPS) is 20.9. The second-order valence-corrected chi connectivity index (χ2v) is 4.70. The summed E-state index contributed by atoms with van der Waals surface area (Å²) >= 11 is 0. The van der Waals surface area contributed by atoms with Crippen LogP contribution in [0.4, 0.5) is 5.69 Å². The van der Waals surface area contributed by atoms with Gasteiger partial charge in [-0.1, -0.05) is 13.0 Å². The first-order chi connectivity index (χ1) is 8.72. The van der Waals surface area contributed by atoms with E-state index >= 15 is 0 Å². The Balaban J connectivity index is 2.00. The molecule has 4 nitrogen and oxygen atoms in total. The fraction of sp³-hybridized carbons (Fsp3) is 0.571. The van der Waals surface area contributed by atoms with Gasteiger partial charge in [0.2, 0.25) is 0 Å². The van der Waals surface area contributed by atoms with Crippen LogP contribution in [-0.4, -0.2) is 37.8 Å². The van der Waals surface area contributed by atoms with Crippen molar-refractivity contribution >= 4 is 5.69 Å². The molecule has 18 heavy (non-hydrogen) atoms. The summed E-state index contributed by atoms with van der Waals surface area (Å²) in [5, 5.41) is 0. The Bertz CT molecular complexity index is 395. The lowest BCUT2D eigenvalue weighted by Gasteiger charge is -2.32. The first-order valence-corrected chi connectivity index (χ1v) is 6.49. The van der Waals surface area contributed by atoms with Crippen molar-refractivity contribution in [2.24, 2.45) is 0 Å². The molecule has 1 aromatic rings. The number of ether oxygens (including phenoxy) is 2. The van der Waals surface area contributed by atoms with Crippen molar-refractivity contribution in [3.05, 3.63) is 23.8 Å². The Morgan fingerprint density at radius 1 is 1.50 bits per heavy atom. The van der Waals surface area contributed by atoms with Gasteiger partial charge < -0.3 is 15.2 Å². The molecule has 2 N–H and O–H groups in total. The second kappa shape index (κ2) is 6.07. The van der Waals surface area contributed by atoms with Crippen LogP contribution in [0.5, 0.6) is 5.75 Å². The molecule has 0 saturated carbocycles. The maximum absolute atomic E-state index is 6.04. The van der Waals surface area contributed by atoms with E-state index in [0.29, 0.717) is 6.10 Å². The Morgan fingerprint density at radius 3 is 3.00 bits per heavy atom. The summed E-state index contributed by atoms with van der Waals surface area (Å²) < 4.78 is 10.8. The first kappa shape index (κ1) is 13.2. The predicted octanol–water partition coefficient (Wildman–Crippen LogP) is 1.89. The molecule has 1 saturated heterocycles. The van der Waals surface area contributed by atoms with Gasteiger partial charge in [-0.3, -0.25) is 4.90 Å². The highest BCUT2D eigenvalue weighted by atomic mass is 16.5. The number of rotatable bonds is 4. The minimum atomic E-state index is 0.359. The fourth-order valence-electron chi connectivity index (χ4n) is 2.26. The molecule has 0 amide bonds. The average molecular weight is 250 g/mol. The van der Waals surface area contributed by atoms with Crippen LogP contribution in [-0.2, 0) is 11.3 Å². The van der Waals surface area contributed by atoms with Crippen molar-refractivity contribution in [3.8, 4) is 5.75 Å². The number of nitrogens with two attached hydrogens (primary N) is 1. The summed E-state index contributed by atoms with van der Waals surface area (Å²) in [6.07, 6.45) is 1.42. The molecule has 1 heterocycles. The van der Waals surface area contributed by atoms with Crippen LogP contribution in [0.15, 0.2) is 18.2 Å². The van der Waals surface area contributed by atoms with E-state index in [1.807, 2.05) is 18.2 Å². The third-order valence-corrected chi connectivity index (χ3v) is 3.43. The SMILES string of the molecule is CCC1CN(Cc2ccc(OC)cc2N)CCO1. The summed E-state index contributed by atoms with van der Waals surface area (Å²) in [7, 11) is 1.66. The van der Waals surface area contributed by atoms with Gasteiger partial charge in [0, 0.05) is 31.4 Å². The number of nitrogen functional groups attached to an aromatic ring is 1.